The Morgan fingerprint density at radius 1 is 1.08 bits per heavy atom. The van der Waals surface area contributed by atoms with E-state index in [-0.39, 0.29) is 11.8 Å². The van der Waals surface area contributed by atoms with Crippen LogP contribution >= 0.6 is 11.6 Å². The van der Waals surface area contributed by atoms with Crippen LogP contribution in [0.15, 0.2) is 42.7 Å². The molecule has 0 N–H and O–H groups in total. The number of halogens is 1. The normalized spacial score (nSPS) is 14.7. The summed E-state index contributed by atoms with van der Waals surface area (Å²) in [5, 5.41) is 0.484. The first kappa shape index (κ1) is 18.2. The van der Waals surface area contributed by atoms with Crippen molar-refractivity contribution in [3.05, 3.63) is 58.9 Å². The zero-order valence-electron chi connectivity index (χ0n) is 14.5. The highest BCUT2D eigenvalue weighted by atomic mass is 35.5. The summed E-state index contributed by atoms with van der Waals surface area (Å²) >= 11 is 6.04. The van der Waals surface area contributed by atoms with Gasteiger partial charge in [0, 0.05) is 43.6 Å². The lowest BCUT2D eigenvalue weighted by Gasteiger charge is -2.23. The second kappa shape index (κ2) is 8.19. The van der Waals surface area contributed by atoms with Crippen LogP contribution in [-0.2, 0) is 0 Å². The van der Waals surface area contributed by atoms with Crippen LogP contribution in [0.5, 0.6) is 5.75 Å². The van der Waals surface area contributed by atoms with Gasteiger partial charge in [-0.15, -0.1) is 0 Å². The summed E-state index contributed by atoms with van der Waals surface area (Å²) in [7, 11) is 1.52. The van der Waals surface area contributed by atoms with Gasteiger partial charge >= 0.3 is 0 Å². The fourth-order valence-corrected chi connectivity index (χ4v) is 3.19. The number of carbonyl (C=O) groups excluding carboxylic acids is 2. The Bertz CT molecular complexity index is 798. The van der Waals surface area contributed by atoms with Gasteiger partial charge in [-0.1, -0.05) is 11.6 Å². The number of hydrogen-bond donors (Lipinski definition) is 0. The molecule has 0 unspecified atom stereocenters. The molecule has 0 aliphatic carbocycles. The van der Waals surface area contributed by atoms with Crippen LogP contribution in [0.4, 0.5) is 0 Å². The number of hydrogen-bond acceptors (Lipinski definition) is 4. The fraction of sp³-hybridized carbons (Fsp3) is 0.316. The van der Waals surface area contributed by atoms with Crippen molar-refractivity contribution in [2.45, 2.75) is 6.42 Å². The van der Waals surface area contributed by atoms with Gasteiger partial charge in [-0.25, -0.2) is 0 Å². The van der Waals surface area contributed by atoms with Crippen molar-refractivity contribution in [3.8, 4) is 5.75 Å². The van der Waals surface area contributed by atoms with Crippen LogP contribution in [0.1, 0.15) is 27.1 Å². The maximum Gasteiger partial charge on any atom is 0.257 e. The Hall–Kier alpha value is -2.60. The molecule has 2 aromatic rings. The molecule has 1 aromatic heterocycles. The molecular formula is C19H20ClN3O3. The van der Waals surface area contributed by atoms with Crippen LogP contribution in [0.25, 0.3) is 0 Å². The van der Waals surface area contributed by atoms with E-state index in [1.54, 1.807) is 52.5 Å². The summed E-state index contributed by atoms with van der Waals surface area (Å²) < 4.78 is 5.28. The number of pyridine rings is 1. The highest BCUT2D eigenvalue weighted by Crippen LogP contribution is 2.24. The van der Waals surface area contributed by atoms with Gasteiger partial charge in [0.2, 0.25) is 0 Å². The number of aromatic nitrogens is 1. The van der Waals surface area contributed by atoms with Gasteiger partial charge < -0.3 is 14.5 Å². The molecule has 1 saturated heterocycles. The number of carbonyl (C=O) groups is 2. The number of ether oxygens (including phenoxy) is 1. The highest BCUT2D eigenvalue weighted by Gasteiger charge is 2.25. The zero-order valence-corrected chi connectivity index (χ0v) is 15.3. The number of amides is 2. The molecule has 1 fully saturated rings. The number of benzene rings is 1. The SMILES string of the molecule is COc1ccc(Cl)cc1C(=O)N1CCCN(C(=O)c2cccnc2)CC1. The average molecular weight is 374 g/mol. The molecule has 136 valence electrons. The van der Waals surface area contributed by atoms with Gasteiger partial charge in [0.15, 0.2) is 0 Å². The third-order valence-corrected chi connectivity index (χ3v) is 4.61. The molecule has 26 heavy (non-hydrogen) atoms. The molecule has 0 saturated carbocycles. The maximum atomic E-state index is 12.9. The van der Waals surface area contributed by atoms with Gasteiger partial charge in [-0.3, -0.25) is 14.6 Å². The standard InChI is InChI=1S/C19H20ClN3O3/c1-26-17-6-5-15(20)12-16(17)19(25)23-9-3-8-22(10-11-23)18(24)14-4-2-7-21-13-14/h2,4-7,12-13H,3,8-11H2,1H3. The summed E-state index contributed by atoms with van der Waals surface area (Å²) in [6, 6.07) is 8.48. The number of nitrogens with zero attached hydrogens (tertiary/aromatic N) is 3. The summed E-state index contributed by atoms with van der Waals surface area (Å²) in [5.74, 6) is 0.291. The van der Waals surface area contributed by atoms with Crippen molar-refractivity contribution in [1.82, 2.24) is 14.8 Å². The molecule has 7 heteroatoms. The monoisotopic (exact) mass is 373 g/mol. The van der Waals surface area contributed by atoms with Gasteiger partial charge in [-0.2, -0.15) is 0 Å². The lowest BCUT2D eigenvalue weighted by Crippen LogP contribution is -2.37. The first-order valence-electron chi connectivity index (χ1n) is 8.42. The molecule has 0 radical (unpaired) electrons. The molecule has 0 bridgehead atoms. The van der Waals surface area contributed by atoms with Crippen LogP contribution in [0, 0.1) is 0 Å². The second-order valence-electron chi connectivity index (χ2n) is 6.02. The molecular weight excluding hydrogens is 354 g/mol. The van der Waals surface area contributed by atoms with E-state index in [9.17, 15) is 9.59 Å². The van der Waals surface area contributed by atoms with Crippen molar-refractivity contribution in [3.63, 3.8) is 0 Å². The van der Waals surface area contributed by atoms with Gasteiger partial charge in [-0.05, 0) is 36.8 Å². The zero-order chi connectivity index (χ0) is 18.5. The predicted molar refractivity (Wildman–Crippen MR) is 98.7 cm³/mol. The molecule has 3 rings (SSSR count). The summed E-state index contributed by atoms with van der Waals surface area (Å²) in [6.45, 7) is 2.11. The van der Waals surface area contributed by atoms with E-state index in [2.05, 4.69) is 4.98 Å². The van der Waals surface area contributed by atoms with Crippen LogP contribution in [-0.4, -0.2) is 59.9 Å². The van der Waals surface area contributed by atoms with Crippen LogP contribution in [0.3, 0.4) is 0 Å². The molecule has 1 aliphatic rings. The molecule has 1 aromatic carbocycles. The lowest BCUT2D eigenvalue weighted by atomic mass is 10.1. The largest absolute Gasteiger partial charge is 0.496 e. The van der Waals surface area contributed by atoms with E-state index in [1.807, 2.05) is 0 Å². The molecule has 2 amide bonds. The number of rotatable bonds is 3. The summed E-state index contributed by atoms with van der Waals surface area (Å²) in [6.07, 6.45) is 3.91. The Labute approximate surface area is 157 Å². The van der Waals surface area contributed by atoms with E-state index < -0.39 is 0 Å². The Morgan fingerprint density at radius 2 is 1.81 bits per heavy atom. The van der Waals surface area contributed by atoms with Crippen LogP contribution in [0.2, 0.25) is 5.02 Å². The minimum atomic E-state index is -0.139. The minimum Gasteiger partial charge on any atom is -0.496 e. The van der Waals surface area contributed by atoms with Gasteiger partial charge in [0.05, 0.1) is 18.2 Å². The van der Waals surface area contributed by atoms with Crippen molar-refractivity contribution >= 4 is 23.4 Å². The van der Waals surface area contributed by atoms with E-state index in [0.717, 1.165) is 0 Å². The van der Waals surface area contributed by atoms with E-state index in [4.69, 9.17) is 16.3 Å². The summed E-state index contributed by atoms with van der Waals surface area (Å²) in [4.78, 5) is 33.0. The number of methoxy groups -OCH3 is 1. The van der Waals surface area contributed by atoms with E-state index >= 15 is 0 Å². The molecule has 6 nitrogen and oxygen atoms in total. The third-order valence-electron chi connectivity index (χ3n) is 4.37. The van der Waals surface area contributed by atoms with E-state index in [0.29, 0.717) is 54.5 Å². The van der Waals surface area contributed by atoms with Crippen molar-refractivity contribution in [2.75, 3.05) is 33.3 Å². The third kappa shape index (κ3) is 3.96. The smallest absolute Gasteiger partial charge is 0.257 e. The molecule has 0 atom stereocenters. The first-order chi connectivity index (χ1) is 12.6. The Kier molecular flexibility index (Phi) is 5.73. The minimum absolute atomic E-state index is 0.0623. The van der Waals surface area contributed by atoms with Crippen molar-refractivity contribution in [1.29, 1.82) is 0 Å². The molecule has 0 spiro atoms. The Morgan fingerprint density at radius 3 is 2.46 bits per heavy atom. The van der Waals surface area contributed by atoms with Gasteiger partial charge in [0.25, 0.3) is 11.8 Å². The summed E-state index contributed by atoms with van der Waals surface area (Å²) in [5.41, 5.74) is 0.996. The molecule has 2 heterocycles. The van der Waals surface area contributed by atoms with E-state index in [1.165, 1.54) is 7.11 Å². The fourth-order valence-electron chi connectivity index (χ4n) is 3.01. The Balaban J connectivity index is 1.72. The second-order valence-corrected chi connectivity index (χ2v) is 6.46. The maximum absolute atomic E-state index is 12.9. The van der Waals surface area contributed by atoms with Crippen molar-refractivity contribution < 1.29 is 14.3 Å². The predicted octanol–water partition coefficient (Wildman–Crippen LogP) is 2.73. The molecule has 1 aliphatic heterocycles. The highest BCUT2D eigenvalue weighted by molar-refractivity contribution is 6.31. The van der Waals surface area contributed by atoms with Gasteiger partial charge in [0.1, 0.15) is 5.75 Å². The topological polar surface area (TPSA) is 62.7 Å². The van der Waals surface area contributed by atoms with Crippen LogP contribution < -0.4 is 4.74 Å². The van der Waals surface area contributed by atoms with Crippen molar-refractivity contribution in [2.24, 2.45) is 0 Å². The average Bonchev–Trinajstić information content (AvgIpc) is 2.93. The quantitative estimate of drug-likeness (QED) is 0.829. The first-order valence-corrected chi connectivity index (χ1v) is 8.80. The lowest BCUT2D eigenvalue weighted by molar-refractivity contribution is 0.0716.